The first-order valence-electron chi connectivity index (χ1n) is 6.13. The molecule has 8 nitrogen and oxygen atoms in total. The van der Waals surface area contributed by atoms with Crippen LogP contribution in [-0.2, 0) is 9.59 Å². The van der Waals surface area contributed by atoms with Crippen LogP contribution in [-0.4, -0.2) is 38.7 Å². The average Bonchev–Trinajstić information content (AvgIpc) is 2.65. The molecule has 0 bridgehead atoms. The SMILES string of the molecule is CC(C)N1C(=O)CC(Nc2ccc([N+](=O)[O-])cn2)C1=O. The number of imide groups is 1. The first kappa shape index (κ1) is 13.9. The Morgan fingerprint density at radius 3 is 2.60 bits per heavy atom. The molecule has 1 aliphatic rings. The van der Waals surface area contributed by atoms with Gasteiger partial charge in [-0.25, -0.2) is 4.98 Å². The maximum Gasteiger partial charge on any atom is 0.287 e. The third kappa shape index (κ3) is 2.58. The van der Waals surface area contributed by atoms with E-state index in [0.29, 0.717) is 5.82 Å². The second kappa shape index (κ2) is 5.24. The van der Waals surface area contributed by atoms with Crippen molar-refractivity contribution < 1.29 is 14.5 Å². The molecule has 1 unspecified atom stereocenters. The number of nitrogens with one attached hydrogen (secondary N) is 1. The molecule has 1 atom stereocenters. The summed E-state index contributed by atoms with van der Waals surface area (Å²) < 4.78 is 0. The first-order valence-corrected chi connectivity index (χ1v) is 6.13. The van der Waals surface area contributed by atoms with E-state index in [1.807, 2.05) is 0 Å². The standard InChI is InChI=1S/C12H14N4O4/c1-7(2)15-11(17)5-9(12(15)18)14-10-4-3-8(6-13-10)16(19)20/h3-4,6-7,9H,5H2,1-2H3,(H,13,14). The van der Waals surface area contributed by atoms with Gasteiger partial charge in [-0.3, -0.25) is 24.6 Å². The predicted octanol–water partition coefficient (Wildman–Crippen LogP) is 0.938. The van der Waals surface area contributed by atoms with Gasteiger partial charge in [-0.2, -0.15) is 0 Å². The highest BCUT2D eigenvalue weighted by atomic mass is 16.6. The maximum absolute atomic E-state index is 12.0. The van der Waals surface area contributed by atoms with Crippen LogP contribution in [0.4, 0.5) is 11.5 Å². The molecule has 20 heavy (non-hydrogen) atoms. The lowest BCUT2D eigenvalue weighted by Gasteiger charge is -2.19. The summed E-state index contributed by atoms with van der Waals surface area (Å²) in [5, 5.41) is 13.3. The lowest BCUT2D eigenvalue weighted by Crippen LogP contribution is -2.39. The third-order valence-electron chi connectivity index (χ3n) is 2.98. The van der Waals surface area contributed by atoms with E-state index in [1.165, 1.54) is 17.0 Å². The monoisotopic (exact) mass is 278 g/mol. The molecule has 1 saturated heterocycles. The van der Waals surface area contributed by atoms with Crippen LogP contribution in [0.5, 0.6) is 0 Å². The molecule has 1 N–H and O–H groups in total. The van der Waals surface area contributed by atoms with Crippen LogP contribution >= 0.6 is 0 Å². The fourth-order valence-electron chi connectivity index (χ4n) is 2.06. The zero-order valence-electron chi connectivity index (χ0n) is 11.1. The van der Waals surface area contributed by atoms with Crippen LogP contribution in [0.1, 0.15) is 20.3 Å². The number of nitrogens with zero attached hydrogens (tertiary/aromatic N) is 3. The van der Waals surface area contributed by atoms with Gasteiger partial charge in [0, 0.05) is 12.1 Å². The Balaban J connectivity index is 2.09. The Labute approximate surface area is 114 Å². The van der Waals surface area contributed by atoms with Crippen LogP contribution in [0.25, 0.3) is 0 Å². The molecule has 0 saturated carbocycles. The number of hydrogen-bond acceptors (Lipinski definition) is 6. The summed E-state index contributed by atoms with van der Waals surface area (Å²) in [5.74, 6) is -0.207. The summed E-state index contributed by atoms with van der Waals surface area (Å²) in [5.41, 5.74) is -0.131. The second-order valence-corrected chi connectivity index (χ2v) is 4.76. The van der Waals surface area contributed by atoms with Crippen LogP contribution in [0.15, 0.2) is 18.3 Å². The van der Waals surface area contributed by atoms with Gasteiger partial charge in [-0.05, 0) is 19.9 Å². The molecule has 1 aromatic heterocycles. The molecule has 0 radical (unpaired) electrons. The lowest BCUT2D eigenvalue weighted by atomic mass is 10.2. The van der Waals surface area contributed by atoms with E-state index in [1.54, 1.807) is 13.8 Å². The molecule has 0 aliphatic carbocycles. The normalized spacial score (nSPS) is 18.8. The number of nitro groups is 1. The number of carbonyl (C=O) groups excluding carboxylic acids is 2. The van der Waals surface area contributed by atoms with Crippen LogP contribution in [0.3, 0.4) is 0 Å². The number of rotatable bonds is 4. The van der Waals surface area contributed by atoms with Crippen LogP contribution < -0.4 is 5.32 Å². The minimum Gasteiger partial charge on any atom is -0.358 e. The summed E-state index contributed by atoms with van der Waals surface area (Å²) in [6.07, 6.45) is 1.17. The Morgan fingerprint density at radius 2 is 2.15 bits per heavy atom. The molecule has 1 aliphatic heterocycles. The number of amides is 2. The number of pyridine rings is 1. The number of hydrogen-bond donors (Lipinski definition) is 1. The van der Waals surface area contributed by atoms with Crippen molar-refractivity contribution in [3.8, 4) is 0 Å². The summed E-state index contributed by atoms with van der Waals surface area (Å²) >= 11 is 0. The van der Waals surface area contributed by atoms with Crippen molar-refractivity contribution in [2.24, 2.45) is 0 Å². The Kier molecular flexibility index (Phi) is 3.64. The Hall–Kier alpha value is -2.51. The molecule has 0 aromatic carbocycles. The van der Waals surface area contributed by atoms with E-state index < -0.39 is 11.0 Å². The maximum atomic E-state index is 12.0. The topological polar surface area (TPSA) is 105 Å². The van der Waals surface area contributed by atoms with Gasteiger partial charge in [0.15, 0.2) is 0 Å². The highest BCUT2D eigenvalue weighted by molar-refractivity contribution is 6.07. The lowest BCUT2D eigenvalue weighted by molar-refractivity contribution is -0.385. The molecule has 1 fully saturated rings. The summed E-state index contributed by atoms with van der Waals surface area (Å²) in [7, 11) is 0. The first-order chi connectivity index (χ1) is 9.40. The third-order valence-corrected chi connectivity index (χ3v) is 2.98. The van der Waals surface area contributed by atoms with Crippen LogP contribution in [0.2, 0.25) is 0 Å². The molecular weight excluding hydrogens is 264 g/mol. The summed E-state index contributed by atoms with van der Waals surface area (Å²) in [6.45, 7) is 3.53. The van der Waals surface area contributed by atoms with Gasteiger partial charge >= 0.3 is 0 Å². The molecule has 2 heterocycles. The number of aromatic nitrogens is 1. The molecule has 2 amide bonds. The van der Waals surface area contributed by atoms with E-state index in [0.717, 1.165) is 6.20 Å². The molecule has 0 spiro atoms. The van der Waals surface area contributed by atoms with Gasteiger partial charge in [0.2, 0.25) is 5.91 Å². The van der Waals surface area contributed by atoms with Crippen molar-refractivity contribution in [3.63, 3.8) is 0 Å². The number of likely N-dealkylation sites (tertiary alicyclic amines) is 1. The summed E-state index contributed by atoms with van der Waals surface area (Å²) in [6, 6.07) is 1.84. The zero-order valence-corrected chi connectivity index (χ0v) is 11.1. The van der Waals surface area contributed by atoms with Crippen LogP contribution in [0, 0.1) is 10.1 Å². The minimum absolute atomic E-state index is 0.0652. The largest absolute Gasteiger partial charge is 0.358 e. The van der Waals surface area contributed by atoms with Gasteiger partial charge in [0.1, 0.15) is 18.1 Å². The van der Waals surface area contributed by atoms with E-state index in [9.17, 15) is 19.7 Å². The zero-order chi connectivity index (χ0) is 14.9. The highest BCUT2D eigenvalue weighted by Crippen LogP contribution is 2.20. The van der Waals surface area contributed by atoms with Crippen molar-refractivity contribution in [2.45, 2.75) is 32.4 Å². The molecule has 1 aromatic rings. The molecule has 8 heteroatoms. The van der Waals surface area contributed by atoms with Gasteiger partial charge in [0.25, 0.3) is 11.6 Å². The quantitative estimate of drug-likeness (QED) is 0.499. The predicted molar refractivity (Wildman–Crippen MR) is 69.9 cm³/mol. The average molecular weight is 278 g/mol. The van der Waals surface area contributed by atoms with Gasteiger partial charge in [-0.15, -0.1) is 0 Å². The Morgan fingerprint density at radius 1 is 1.45 bits per heavy atom. The van der Waals surface area contributed by atoms with E-state index in [4.69, 9.17) is 0 Å². The van der Waals surface area contributed by atoms with E-state index in [-0.39, 0.29) is 30.0 Å². The Bertz CT molecular complexity index is 555. The van der Waals surface area contributed by atoms with E-state index in [2.05, 4.69) is 10.3 Å². The molecule has 106 valence electrons. The van der Waals surface area contributed by atoms with Crippen molar-refractivity contribution in [1.29, 1.82) is 0 Å². The van der Waals surface area contributed by atoms with Crippen molar-refractivity contribution in [2.75, 3.05) is 5.32 Å². The fourth-order valence-corrected chi connectivity index (χ4v) is 2.06. The van der Waals surface area contributed by atoms with Gasteiger partial charge in [-0.1, -0.05) is 0 Å². The molecule has 2 rings (SSSR count). The van der Waals surface area contributed by atoms with Crippen molar-refractivity contribution in [3.05, 3.63) is 28.4 Å². The number of carbonyl (C=O) groups is 2. The fraction of sp³-hybridized carbons (Fsp3) is 0.417. The van der Waals surface area contributed by atoms with E-state index >= 15 is 0 Å². The van der Waals surface area contributed by atoms with Gasteiger partial charge < -0.3 is 5.32 Å². The van der Waals surface area contributed by atoms with Crippen molar-refractivity contribution in [1.82, 2.24) is 9.88 Å². The van der Waals surface area contributed by atoms with Gasteiger partial charge in [0.05, 0.1) is 11.3 Å². The molecular formula is C12H14N4O4. The smallest absolute Gasteiger partial charge is 0.287 e. The van der Waals surface area contributed by atoms with Crippen molar-refractivity contribution >= 4 is 23.3 Å². The summed E-state index contributed by atoms with van der Waals surface area (Å²) in [4.78, 5) is 38.8. The minimum atomic E-state index is -0.668. The second-order valence-electron chi connectivity index (χ2n) is 4.76. The highest BCUT2D eigenvalue weighted by Gasteiger charge is 2.40. The number of anilines is 1.